The van der Waals surface area contributed by atoms with Crippen LogP contribution in [0.3, 0.4) is 0 Å². The standard InChI is InChI=1S/C25H21Cl2N3O3/c26-17-5-4-16(20(27)14-17)13-22-24(32)18-6-7-21(31)19(25(18)33-22)15-29-9-11-30(12-10-29)23-3-1-2-8-28-23/h1-8,13-14,31H,9-12,15H2/b22-13-. The number of rotatable bonds is 4. The van der Waals surface area contributed by atoms with Gasteiger partial charge in [0.05, 0.1) is 11.1 Å². The van der Waals surface area contributed by atoms with Crippen molar-refractivity contribution in [1.29, 1.82) is 0 Å². The highest BCUT2D eigenvalue weighted by Crippen LogP contribution is 2.40. The van der Waals surface area contributed by atoms with Gasteiger partial charge < -0.3 is 14.7 Å². The Bertz CT molecular complexity index is 1240. The van der Waals surface area contributed by atoms with Crippen molar-refractivity contribution in [3.8, 4) is 11.5 Å². The predicted octanol–water partition coefficient (Wildman–Crippen LogP) is 5.03. The van der Waals surface area contributed by atoms with Crippen molar-refractivity contribution in [1.82, 2.24) is 9.88 Å². The number of hydrogen-bond donors (Lipinski definition) is 1. The average Bonchev–Trinajstić information content (AvgIpc) is 3.14. The molecule has 0 saturated carbocycles. The molecular weight excluding hydrogens is 461 g/mol. The van der Waals surface area contributed by atoms with Crippen LogP contribution >= 0.6 is 23.2 Å². The number of ether oxygens (including phenoxy) is 1. The summed E-state index contributed by atoms with van der Waals surface area (Å²) >= 11 is 12.2. The van der Waals surface area contributed by atoms with E-state index in [1.165, 1.54) is 0 Å². The Balaban J connectivity index is 1.35. The number of phenolic OH excluding ortho intramolecular Hbond substituents is 1. The maximum atomic E-state index is 13.0. The lowest BCUT2D eigenvalue weighted by molar-refractivity contribution is 0.101. The Kier molecular flexibility index (Phi) is 5.98. The van der Waals surface area contributed by atoms with Crippen molar-refractivity contribution in [3.63, 3.8) is 0 Å². The van der Waals surface area contributed by atoms with Crippen LogP contribution in [0.5, 0.6) is 11.5 Å². The number of carbonyl (C=O) groups excluding carboxylic acids is 1. The summed E-state index contributed by atoms with van der Waals surface area (Å²) in [6.07, 6.45) is 3.40. The zero-order chi connectivity index (χ0) is 22.9. The van der Waals surface area contributed by atoms with Crippen molar-refractivity contribution in [2.75, 3.05) is 31.1 Å². The number of aromatic hydroxyl groups is 1. The van der Waals surface area contributed by atoms with Gasteiger partial charge in [0.1, 0.15) is 17.3 Å². The Labute approximate surface area is 201 Å². The summed E-state index contributed by atoms with van der Waals surface area (Å²) in [5.74, 6) is 1.41. The molecule has 33 heavy (non-hydrogen) atoms. The number of fused-ring (bicyclic) bond motifs is 1. The molecule has 0 aliphatic carbocycles. The van der Waals surface area contributed by atoms with Crippen molar-refractivity contribution in [2.45, 2.75) is 6.54 Å². The lowest BCUT2D eigenvalue weighted by Crippen LogP contribution is -2.46. The zero-order valence-corrected chi connectivity index (χ0v) is 19.2. The van der Waals surface area contributed by atoms with Gasteiger partial charge in [-0.2, -0.15) is 0 Å². The molecule has 1 saturated heterocycles. The Morgan fingerprint density at radius 3 is 2.61 bits per heavy atom. The summed E-state index contributed by atoms with van der Waals surface area (Å²) < 4.78 is 5.97. The molecule has 0 bridgehead atoms. The minimum atomic E-state index is -0.239. The lowest BCUT2D eigenvalue weighted by atomic mass is 10.0. The highest BCUT2D eigenvalue weighted by Gasteiger charge is 2.32. The SMILES string of the molecule is O=C1/C(=C/c2ccc(Cl)cc2Cl)Oc2c1ccc(O)c2CN1CCN(c2ccccn2)CC1. The molecule has 6 nitrogen and oxygen atoms in total. The second kappa shape index (κ2) is 9.06. The molecule has 0 radical (unpaired) electrons. The smallest absolute Gasteiger partial charge is 0.231 e. The van der Waals surface area contributed by atoms with E-state index in [4.69, 9.17) is 27.9 Å². The third-order valence-corrected chi connectivity index (χ3v) is 6.46. The van der Waals surface area contributed by atoms with E-state index in [9.17, 15) is 9.90 Å². The molecule has 168 valence electrons. The zero-order valence-electron chi connectivity index (χ0n) is 17.7. The van der Waals surface area contributed by atoms with Crippen LogP contribution in [-0.4, -0.2) is 47.0 Å². The van der Waals surface area contributed by atoms with Gasteiger partial charge in [-0.05, 0) is 48.0 Å². The summed E-state index contributed by atoms with van der Waals surface area (Å²) in [6.45, 7) is 3.74. The van der Waals surface area contributed by atoms with Crippen LogP contribution in [-0.2, 0) is 6.54 Å². The number of piperazine rings is 1. The van der Waals surface area contributed by atoms with E-state index in [2.05, 4.69) is 14.8 Å². The van der Waals surface area contributed by atoms with Crippen molar-refractivity contribution in [2.24, 2.45) is 0 Å². The third-order valence-electron chi connectivity index (χ3n) is 5.89. The normalized spacial score (nSPS) is 17.3. The first kappa shape index (κ1) is 21.8. The van der Waals surface area contributed by atoms with E-state index in [0.29, 0.717) is 39.0 Å². The number of nitrogens with zero attached hydrogens (tertiary/aromatic N) is 3. The molecule has 3 heterocycles. The number of carbonyl (C=O) groups is 1. The van der Waals surface area contributed by atoms with Crippen molar-refractivity contribution in [3.05, 3.63) is 87.2 Å². The molecule has 0 atom stereocenters. The molecule has 0 unspecified atom stereocenters. The number of phenols is 1. The average molecular weight is 482 g/mol. The second-order valence-corrected chi connectivity index (χ2v) is 8.84. The fourth-order valence-corrected chi connectivity index (χ4v) is 4.57. The van der Waals surface area contributed by atoms with Gasteiger partial charge in [-0.3, -0.25) is 9.69 Å². The van der Waals surface area contributed by atoms with Gasteiger partial charge in [0.25, 0.3) is 0 Å². The third kappa shape index (κ3) is 4.42. The van der Waals surface area contributed by atoms with E-state index < -0.39 is 0 Å². The summed E-state index contributed by atoms with van der Waals surface area (Å²) in [5, 5.41) is 11.5. The molecular formula is C25H21Cl2N3O3. The lowest BCUT2D eigenvalue weighted by Gasteiger charge is -2.35. The quantitative estimate of drug-likeness (QED) is 0.527. The summed E-state index contributed by atoms with van der Waals surface area (Å²) in [5.41, 5.74) is 1.68. The van der Waals surface area contributed by atoms with Crippen LogP contribution in [0.2, 0.25) is 10.0 Å². The summed E-state index contributed by atoms with van der Waals surface area (Å²) in [6, 6.07) is 14.1. The summed E-state index contributed by atoms with van der Waals surface area (Å²) in [4.78, 5) is 21.9. The monoisotopic (exact) mass is 481 g/mol. The minimum absolute atomic E-state index is 0.111. The van der Waals surface area contributed by atoms with Gasteiger partial charge in [-0.1, -0.05) is 35.3 Å². The largest absolute Gasteiger partial charge is 0.507 e. The van der Waals surface area contributed by atoms with E-state index in [0.717, 1.165) is 32.0 Å². The Morgan fingerprint density at radius 2 is 1.88 bits per heavy atom. The van der Waals surface area contributed by atoms with Crippen LogP contribution < -0.4 is 9.64 Å². The maximum absolute atomic E-state index is 13.0. The first-order valence-corrected chi connectivity index (χ1v) is 11.4. The molecule has 5 rings (SSSR count). The predicted molar refractivity (Wildman–Crippen MR) is 129 cm³/mol. The molecule has 2 aromatic carbocycles. The van der Waals surface area contributed by atoms with Crippen LogP contribution in [0.4, 0.5) is 5.82 Å². The van der Waals surface area contributed by atoms with Gasteiger partial charge >= 0.3 is 0 Å². The highest BCUT2D eigenvalue weighted by atomic mass is 35.5. The molecule has 8 heteroatoms. The number of halogens is 2. The fourth-order valence-electron chi connectivity index (χ4n) is 4.11. The molecule has 0 spiro atoms. The first-order chi connectivity index (χ1) is 16.0. The van der Waals surface area contributed by atoms with Gasteiger partial charge in [0.15, 0.2) is 5.76 Å². The van der Waals surface area contributed by atoms with Gasteiger partial charge in [0, 0.05) is 49.0 Å². The molecule has 1 aromatic heterocycles. The van der Waals surface area contributed by atoms with E-state index in [-0.39, 0.29) is 17.3 Å². The number of ketones is 1. The van der Waals surface area contributed by atoms with Crippen LogP contribution in [0.15, 0.2) is 60.5 Å². The number of hydrogen-bond acceptors (Lipinski definition) is 6. The van der Waals surface area contributed by atoms with Crippen LogP contribution in [0.1, 0.15) is 21.5 Å². The van der Waals surface area contributed by atoms with E-state index in [1.807, 2.05) is 18.2 Å². The van der Waals surface area contributed by atoms with Crippen molar-refractivity contribution >= 4 is 40.9 Å². The van der Waals surface area contributed by atoms with Gasteiger partial charge in [0.2, 0.25) is 5.78 Å². The highest BCUT2D eigenvalue weighted by molar-refractivity contribution is 6.35. The maximum Gasteiger partial charge on any atom is 0.231 e. The molecule has 2 aliphatic rings. The number of pyridine rings is 1. The number of aromatic nitrogens is 1. The molecule has 1 N–H and O–H groups in total. The van der Waals surface area contributed by atoms with Gasteiger partial charge in [-0.25, -0.2) is 4.98 Å². The second-order valence-electron chi connectivity index (χ2n) is 8.00. The van der Waals surface area contributed by atoms with Crippen LogP contribution in [0, 0.1) is 0 Å². The van der Waals surface area contributed by atoms with Crippen LogP contribution in [0.25, 0.3) is 6.08 Å². The topological polar surface area (TPSA) is 65.9 Å². The molecule has 1 fully saturated rings. The van der Waals surface area contributed by atoms with E-state index >= 15 is 0 Å². The first-order valence-electron chi connectivity index (χ1n) is 10.6. The Hall–Kier alpha value is -3.06. The number of benzene rings is 2. The van der Waals surface area contributed by atoms with E-state index in [1.54, 1.807) is 42.6 Å². The molecule has 2 aliphatic heterocycles. The fraction of sp³-hybridized carbons (Fsp3) is 0.200. The van der Waals surface area contributed by atoms with Crippen molar-refractivity contribution < 1.29 is 14.6 Å². The van der Waals surface area contributed by atoms with Gasteiger partial charge in [-0.15, -0.1) is 0 Å². The number of Topliss-reactive ketones (excluding diaryl/α,β-unsaturated/α-hetero) is 1. The molecule has 0 amide bonds. The minimum Gasteiger partial charge on any atom is -0.507 e. The number of allylic oxidation sites excluding steroid dienone is 1. The summed E-state index contributed by atoms with van der Waals surface area (Å²) in [7, 11) is 0. The number of anilines is 1. The Morgan fingerprint density at radius 1 is 1.06 bits per heavy atom. The molecule has 3 aromatic rings.